The van der Waals surface area contributed by atoms with E-state index < -0.39 is 0 Å². The summed E-state index contributed by atoms with van der Waals surface area (Å²) in [5.41, 5.74) is 2.90. The van der Waals surface area contributed by atoms with E-state index in [0.717, 1.165) is 25.2 Å². The summed E-state index contributed by atoms with van der Waals surface area (Å²) < 4.78 is 0. The predicted molar refractivity (Wildman–Crippen MR) is 59.8 cm³/mol. The lowest BCUT2D eigenvalue weighted by atomic mass is 10.3. The molecule has 0 saturated carbocycles. The first-order valence-electron chi connectivity index (χ1n) is 4.58. The number of carbonyl (C=O) groups excluding carboxylic acids is 1. The molecule has 1 aromatic heterocycles. The molecule has 0 N–H and O–H groups in total. The van der Waals surface area contributed by atoms with E-state index >= 15 is 0 Å². The SMILES string of the molecule is O=C1CC(S)CN1CCc1cscn1. The second kappa shape index (κ2) is 4.31. The van der Waals surface area contributed by atoms with Gasteiger partial charge in [-0.05, 0) is 0 Å². The van der Waals surface area contributed by atoms with E-state index in [1.807, 2.05) is 15.8 Å². The molecule has 1 aliphatic rings. The van der Waals surface area contributed by atoms with Gasteiger partial charge in [0.2, 0.25) is 5.91 Å². The second-order valence-electron chi connectivity index (χ2n) is 3.43. The molecular formula is C9H12N2OS2. The molecule has 0 bridgehead atoms. The Balaban J connectivity index is 1.84. The van der Waals surface area contributed by atoms with Gasteiger partial charge in [0, 0.05) is 36.6 Å². The summed E-state index contributed by atoms with van der Waals surface area (Å²) in [4.78, 5) is 17.5. The Morgan fingerprint density at radius 1 is 1.71 bits per heavy atom. The Labute approximate surface area is 92.6 Å². The molecular weight excluding hydrogens is 216 g/mol. The van der Waals surface area contributed by atoms with E-state index in [0.29, 0.717) is 6.42 Å². The third kappa shape index (κ3) is 2.27. The molecule has 1 aliphatic heterocycles. The number of thiazole rings is 1. The summed E-state index contributed by atoms with van der Waals surface area (Å²) in [6.45, 7) is 1.56. The highest BCUT2D eigenvalue weighted by molar-refractivity contribution is 7.81. The van der Waals surface area contributed by atoms with Gasteiger partial charge in [-0.25, -0.2) is 4.98 Å². The highest BCUT2D eigenvalue weighted by Gasteiger charge is 2.26. The summed E-state index contributed by atoms with van der Waals surface area (Å²) in [6, 6.07) is 0. The van der Waals surface area contributed by atoms with Crippen LogP contribution in [0.15, 0.2) is 10.9 Å². The maximum absolute atomic E-state index is 11.4. The Bertz CT molecular complexity index is 313. The summed E-state index contributed by atoms with van der Waals surface area (Å²) >= 11 is 5.90. The minimum Gasteiger partial charge on any atom is -0.341 e. The number of hydrogen-bond acceptors (Lipinski definition) is 4. The highest BCUT2D eigenvalue weighted by Crippen LogP contribution is 2.16. The highest BCUT2D eigenvalue weighted by atomic mass is 32.1. The van der Waals surface area contributed by atoms with Crippen molar-refractivity contribution in [3.05, 3.63) is 16.6 Å². The molecule has 1 amide bonds. The van der Waals surface area contributed by atoms with Gasteiger partial charge in [0.15, 0.2) is 0 Å². The van der Waals surface area contributed by atoms with E-state index in [1.165, 1.54) is 0 Å². The molecule has 2 heterocycles. The zero-order valence-corrected chi connectivity index (χ0v) is 9.43. The van der Waals surface area contributed by atoms with Crippen molar-refractivity contribution in [1.29, 1.82) is 0 Å². The second-order valence-corrected chi connectivity index (χ2v) is 4.88. The van der Waals surface area contributed by atoms with Crippen molar-refractivity contribution in [2.24, 2.45) is 0 Å². The van der Waals surface area contributed by atoms with Crippen LogP contribution in [0.1, 0.15) is 12.1 Å². The van der Waals surface area contributed by atoms with Crippen LogP contribution in [0.4, 0.5) is 0 Å². The number of aromatic nitrogens is 1. The normalized spacial score (nSPS) is 21.9. The van der Waals surface area contributed by atoms with Crippen molar-refractivity contribution in [3.63, 3.8) is 0 Å². The van der Waals surface area contributed by atoms with Crippen LogP contribution in [-0.4, -0.2) is 34.1 Å². The van der Waals surface area contributed by atoms with Gasteiger partial charge in [0.1, 0.15) is 0 Å². The fraction of sp³-hybridized carbons (Fsp3) is 0.556. The average Bonchev–Trinajstić information content (AvgIpc) is 2.72. The molecule has 0 radical (unpaired) electrons. The average molecular weight is 228 g/mol. The first-order chi connectivity index (χ1) is 6.75. The molecule has 1 atom stereocenters. The number of likely N-dealkylation sites (tertiary alicyclic amines) is 1. The van der Waals surface area contributed by atoms with Gasteiger partial charge < -0.3 is 4.90 Å². The van der Waals surface area contributed by atoms with Gasteiger partial charge in [-0.1, -0.05) is 0 Å². The maximum Gasteiger partial charge on any atom is 0.223 e. The van der Waals surface area contributed by atoms with Crippen molar-refractivity contribution < 1.29 is 4.79 Å². The molecule has 3 nitrogen and oxygen atoms in total. The van der Waals surface area contributed by atoms with Crippen LogP contribution in [0, 0.1) is 0 Å². The molecule has 5 heteroatoms. The minimum atomic E-state index is 0.220. The molecule has 1 unspecified atom stereocenters. The number of carbonyl (C=O) groups is 1. The van der Waals surface area contributed by atoms with Crippen molar-refractivity contribution >= 4 is 29.9 Å². The van der Waals surface area contributed by atoms with Gasteiger partial charge in [-0.15, -0.1) is 11.3 Å². The van der Waals surface area contributed by atoms with Crippen LogP contribution in [-0.2, 0) is 11.2 Å². The van der Waals surface area contributed by atoms with Crippen LogP contribution in [0.25, 0.3) is 0 Å². The molecule has 1 fully saturated rings. The number of nitrogens with zero attached hydrogens (tertiary/aromatic N) is 2. The zero-order valence-electron chi connectivity index (χ0n) is 7.72. The monoisotopic (exact) mass is 228 g/mol. The molecule has 2 rings (SSSR count). The van der Waals surface area contributed by atoms with E-state index in [-0.39, 0.29) is 11.2 Å². The molecule has 0 aromatic carbocycles. The number of rotatable bonds is 3. The Kier molecular flexibility index (Phi) is 3.08. The first-order valence-corrected chi connectivity index (χ1v) is 6.04. The van der Waals surface area contributed by atoms with E-state index in [4.69, 9.17) is 0 Å². The van der Waals surface area contributed by atoms with Gasteiger partial charge in [0.05, 0.1) is 11.2 Å². The summed E-state index contributed by atoms with van der Waals surface area (Å²) in [7, 11) is 0. The lowest BCUT2D eigenvalue weighted by molar-refractivity contribution is -0.127. The molecule has 0 spiro atoms. The van der Waals surface area contributed by atoms with Crippen LogP contribution >= 0.6 is 24.0 Å². The summed E-state index contributed by atoms with van der Waals surface area (Å²) in [5.74, 6) is 0.222. The molecule has 1 aromatic rings. The van der Waals surface area contributed by atoms with Crippen molar-refractivity contribution in [3.8, 4) is 0 Å². The van der Waals surface area contributed by atoms with Crippen molar-refractivity contribution in [2.75, 3.05) is 13.1 Å². The predicted octanol–water partition coefficient (Wildman–Crippen LogP) is 1.22. The zero-order chi connectivity index (χ0) is 9.97. The Morgan fingerprint density at radius 3 is 3.14 bits per heavy atom. The van der Waals surface area contributed by atoms with Crippen LogP contribution in [0.2, 0.25) is 0 Å². The van der Waals surface area contributed by atoms with Gasteiger partial charge >= 0.3 is 0 Å². The summed E-state index contributed by atoms with van der Waals surface area (Å²) in [6.07, 6.45) is 1.44. The van der Waals surface area contributed by atoms with Crippen molar-refractivity contribution in [1.82, 2.24) is 9.88 Å². The molecule has 1 saturated heterocycles. The lowest BCUT2D eigenvalue weighted by Crippen LogP contribution is -2.27. The standard InChI is InChI=1S/C9H12N2OS2/c12-9-3-8(13)4-11(9)2-1-7-5-14-6-10-7/h5-6,8,13H,1-4H2. The van der Waals surface area contributed by atoms with Gasteiger partial charge in [-0.3, -0.25) is 4.79 Å². The smallest absolute Gasteiger partial charge is 0.223 e. The van der Waals surface area contributed by atoms with Crippen LogP contribution in [0.5, 0.6) is 0 Å². The molecule has 14 heavy (non-hydrogen) atoms. The van der Waals surface area contributed by atoms with Crippen LogP contribution in [0.3, 0.4) is 0 Å². The van der Waals surface area contributed by atoms with Crippen LogP contribution < -0.4 is 0 Å². The topological polar surface area (TPSA) is 33.2 Å². The van der Waals surface area contributed by atoms with Gasteiger partial charge in [-0.2, -0.15) is 12.6 Å². The molecule has 0 aliphatic carbocycles. The largest absolute Gasteiger partial charge is 0.341 e. The van der Waals surface area contributed by atoms with E-state index in [2.05, 4.69) is 17.6 Å². The van der Waals surface area contributed by atoms with Gasteiger partial charge in [0.25, 0.3) is 0 Å². The van der Waals surface area contributed by atoms with Crippen molar-refractivity contribution in [2.45, 2.75) is 18.1 Å². The fourth-order valence-electron chi connectivity index (χ4n) is 1.58. The maximum atomic E-state index is 11.4. The quantitative estimate of drug-likeness (QED) is 0.789. The Hall–Kier alpha value is -0.550. The number of hydrogen-bond donors (Lipinski definition) is 1. The van der Waals surface area contributed by atoms with E-state index in [9.17, 15) is 4.79 Å². The fourth-order valence-corrected chi connectivity index (χ4v) is 2.52. The first kappa shape index (κ1) is 9.98. The number of amides is 1. The number of thiol groups is 1. The summed E-state index contributed by atoms with van der Waals surface area (Å²) in [5, 5.41) is 2.25. The third-order valence-corrected chi connectivity index (χ3v) is 3.30. The minimum absolute atomic E-state index is 0.220. The van der Waals surface area contributed by atoms with E-state index in [1.54, 1.807) is 11.3 Å². The Morgan fingerprint density at radius 2 is 2.57 bits per heavy atom. The lowest BCUT2D eigenvalue weighted by Gasteiger charge is -2.14. The molecule has 76 valence electrons. The third-order valence-electron chi connectivity index (χ3n) is 2.32.